The first-order valence-corrected chi connectivity index (χ1v) is 5.92. The molecule has 2 aromatic rings. The lowest BCUT2D eigenvalue weighted by molar-refractivity contribution is 0.314. The molecule has 3 N–H and O–H groups in total. The van der Waals surface area contributed by atoms with Gasteiger partial charge >= 0.3 is 0 Å². The first-order valence-electron chi connectivity index (χ1n) is 5.92. The number of nitrogens with zero attached hydrogens (tertiary/aromatic N) is 1. The molecule has 0 atom stereocenters. The number of nitrogens with two attached hydrogens (primary N) is 1. The van der Waals surface area contributed by atoms with E-state index in [0.717, 1.165) is 24.5 Å². The van der Waals surface area contributed by atoms with E-state index in [9.17, 15) is 0 Å². The zero-order chi connectivity index (χ0) is 12.6. The Morgan fingerprint density at radius 1 is 1.17 bits per heavy atom. The molecule has 0 aliphatic rings. The number of hydrogen-bond donors (Lipinski definition) is 2. The van der Waals surface area contributed by atoms with Gasteiger partial charge in [-0.05, 0) is 29.8 Å². The molecular weight excluding hydrogens is 226 g/mol. The maximum atomic E-state index is 5.66. The number of benzene rings is 1. The van der Waals surface area contributed by atoms with Crippen LogP contribution in [-0.4, -0.2) is 18.1 Å². The number of anilines is 1. The van der Waals surface area contributed by atoms with Gasteiger partial charge in [0.2, 0.25) is 0 Å². The number of rotatable bonds is 6. The van der Waals surface area contributed by atoms with Crippen LogP contribution in [0.25, 0.3) is 0 Å². The van der Waals surface area contributed by atoms with Crippen LogP contribution < -0.4 is 15.8 Å². The quantitative estimate of drug-likeness (QED) is 0.600. The molecule has 0 fully saturated rings. The second kappa shape index (κ2) is 6.61. The molecule has 0 saturated heterocycles. The maximum absolute atomic E-state index is 5.66. The minimum Gasteiger partial charge on any atom is -0.492 e. The van der Waals surface area contributed by atoms with E-state index in [0.29, 0.717) is 6.61 Å². The Kier molecular flexibility index (Phi) is 4.55. The monoisotopic (exact) mass is 243 g/mol. The van der Waals surface area contributed by atoms with Crippen molar-refractivity contribution >= 4 is 5.69 Å². The lowest BCUT2D eigenvalue weighted by Crippen LogP contribution is -2.20. The first-order chi connectivity index (χ1) is 8.84. The maximum Gasteiger partial charge on any atom is 0.121 e. The first kappa shape index (κ1) is 12.4. The number of nitrogens with one attached hydrogen (secondary N) is 1. The molecule has 0 bridgehead atoms. The molecule has 1 aromatic heterocycles. The number of hydrogen-bond acceptors (Lipinski definition) is 4. The van der Waals surface area contributed by atoms with Gasteiger partial charge in [-0.2, -0.15) is 0 Å². The Morgan fingerprint density at radius 2 is 2.00 bits per heavy atom. The van der Waals surface area contributed by atoms with Gasteiger partial charge < -0.3 is 15.8 Å². The van der Waals surface area contributed by atoms with Crippen LogP contribution in [0.1, 0.15) is 5.56 Å². The highest BCUT2D eigenvalue weighted by molar-refractivity contribution is 5.43. The fourth-order valence-electron chi connectivity index (χ4n) is 1.58. The third kappa shape index (κ3) is 4.07. The molecule has 1 heterocycles. The lowest BCUT2D eigenvalue weighted by Gasteiger charge is -2.08. The van der Waals surface area contributed by atoms with Crippen LogP contribution in [0.5, 0.6) is 5.75 Å². The zero-order valence-corrected chi connectivity index (χ0v) is 10.2. The molecule has 1 aromatic carbocycles. The van der Waals surface area contributed by atoms with Gasteiger partial charge in [-0.25, -0.2) is 0 Å². The molecule has 4 nitrogen and oxygen atoms in total. The van der Waals surface area contributed by atoms with E-state index in [2.05, 4.69) is 10.3 Å². The van der Waals surface area contributed by atoms with Crippen molar-refractivity contribution in [2.24, 2.45) is 0 Å². The summed E-state index contributed by atoms with van der Waals surface area (Å²) in [5, 5.41) is 3.30. The van der Waals surface area contributed by atoms with Gasteiger partial charge in [-0.1, -0.05) is 6.07 Å². The van der Waals surface area contributed by atoms with Crippen LogP contribution in [0.4, 0.5) is 5.69 Å². The predicted molar refractivity (Wildman–Crippen MR) is 72.3 cm³/mol. The average molecular weight is 243 g/mol. The summed E-state index contributed by atoms with van der Waals surface area (Å²) in [5.74, 6) is 0.806. The third-order valence-electron chi connectivity index (χ3n) is 2.48. The summed E-state index contributed by atoms with van der Waals surface area (Å²) in [7, 11) is 0. The van der Waals surface area contributed by atoms with Crippen molar-refractivity contribution in [2.75, 3.05) is 18.9 Å². The second-order valence-corrected chi connectivity index (χ2v) is 3.95. The molecule has 0 spiro atoms. The Hall–Kier alpha value is -2.07. The van der Waals surface area contributed by atoms with Gasteiger partial charge in [0.15, 0.2) is 0 Å². The number of pyridine rings is 1. The van der Waals surface area contributed by atoms with Gasteiger partial charge in [0, 0.05) is 37.2 Å². The van der Waals surface area contributed by atoms with E-state index in [1.807, 2.05) is 36.4 Å². The Morgan fingerprint density at radius 3 is 2.78 bits per heavy atom. The van der Waals surface area contributed by atoms with Gasteiger partial charge in [-0.3, -0.25) is 4.98 Å². The minimum absolute atomic E-state index is 0.620. The molecule has 0 aliphatic heterocycles. The van der Waals surface area contributed by atoms with Crippen molar-refractivity contribution in [1.82, 2.24) is 10.3 Å². The lowest BCUT2D eigenvalue weighted by atomic mass is 10.3. The Bertz CT molecular complexity index is 473. The van der Waals surface area contributed by atoms with Crippen molar-refractivity contribution < 1.29 is 4.74 Å². The molecule has 0 radical (unpaired) electrons. The zero-order valence-electron chi connectivity index (χ0n) is 10.2. The summed E-state index contributed by atoms with van der Waals surface area (Å²) in [6.07, 6.45) is 3.58. The van der Waals surface area contributed by atoms with Gasteiger partial charge in [-0.15, -0.1) is 0 Å². The van der Waals surface area contributed by atoms with Crippen molar-refractivity contribution in [2.45, 2.75) is 6.54 Å². The Labute approximate surface area is 107 Å². The molecule has 18 heavy (non-hydrogen) atoms. The van der Waals surface area contributed by atoms with Crippen molar-refractivity contribution in [3.63, 3.8) is 0 Å². The highest BCUT2D eigenvalue weighted by atomic mass is 16.5. The molecule has 0 unspecified atom stereocenters. The largest absolute Gasteiger partial charge is 0.492 e. The third-order valence-corrected chi connectivity index (χ3v) is 2.48. The number of nitrogen functional groups attached to an aromatic ring is 1. The summed E-state index contributed by atoms with van der Waals surface area (Å²) < 4.78 is 5.57. The van der Waals surface area contributed by atoms with Crippen LogP contribution in [0.3, 0.4) is 0 Å². The smallest absolute Gasteiger partial charge is 0.121 e. The Balaban J connectivity index is 1.65. The van der Waals surface area contributed by atoms with Gasteiger partial charge in [0.1, 0.15) is 12.4 Å². The van der Waals surface area contributed by atoms with Crippen molar-refractivity contribution in [3.05, 3.63) is 54.4 Å². The van der Waals surface area contributed by atoms with Crippen molar-refractivity contribution in [1.29, 1.82) is 0 Å². The predicted octanol–water partition coefficient (Wildman–Crippen LogP) is 1.83. The molecule has 0 aliphatic carbocycles. The normalized spacial score (nSPS) is 10.2. The van der Waals surface area contributed by atoms with Gasteiger partial charge in [0.05, 0.1) is 0 Å². The van der Waals surface area contributed by atoms with E-state index in [1.54, 1.807) is 12.4 Å². The van der Waals surface area contributed by atoms with E-state index in [1.165, 1.54) is 5.56 Å². The molecular formula is C14H17N3O. The summed E-state index contributed by atoms with van der Waals surface area (Å²) in [6, 6.07) is 11.4. The van der Waals surface area contributed by atoms with Crippen molar-refractivity contribution in [3.8, 4) is 5.75 Å². The van der Waals surface area contributed by atoms with E-state index >= 15 is 0 Å². The topological polar surface area (TPSA) is 60.2 Å². The van der Waals surface area contributed by atoms with Crippen LogP contribution in [0.15, 0.2) is 48.8 Å². The highest BCUT2D eigenvalue weighted by Gasteiger charge is 1.94. The molecule has 0 amide bonds. The van der Waals surface area contributed by atoms with Crippen LogP contribution >= 0.6 is 0 Å². The standard InChI is InChI=1S/C14H17N3O/c15-13-2-1-3-14(10-13)18-9-8-17-11-12-4-6-16-7-5-12/h1-7,10,17H,8-9,11,15H2. The second-order valence-electron chi connectivity index (χ2n) is 3.95. The fourth-order valence-corrected chi connectivity index (χ4v) is 1.58. The number of aromatic nitrogens is 1. The SMILES string of the molecule is Nc1cccc(OCCNCc2ccncc2)c1. The van der Waals surface area contributed by atoms with Crippen LogP contribution in [-0.2, 0) is 6.54 Å². The summed E-state index contributed by atoms with van der Waals surface area (Å²) in [6.45, 7) is 2.23. The summed E-state index contributed by atoms with van der Waals surface area (Å²) >= 11 is 0. The van der Waals surface area contributed by atoms with Crippen LogP contribution in [0, 0.1) is 0 Å². The van der Waals surface area contributed by atoms with Crippen LogP contribution in [0.2, 0.25) is 0 Å². The van der Waals surface area contributed by atoms with E-state index < -0.39 is 0 Å². The average Bonchev–Trinajstić information content (AvgIpc) is 2.40. The van der Waals surface area contributed by atoms with Gasteiger partial charge in [0.25, 0.3) is 0 Å². The van der Waals surface area contributed by atoms with E-state index in [-0.39, 0.29) is 0 Å². The molecule has 0 saturated carbocycles. The highest BCUT2D eigenvalue weighted by Crippen LogP contribution is 2.13. The number of ether oxygens (including phenoxy) is 1. The molecule has 94 valence electrons. The molecule has 4 heteroatoms. The fraction of sp³-hybridized carbons (Fsp3) is 0.214. The van der Waals surface area contributed by atoms with E-state index in [4.69, 9.17) is 10.5 Å². The summed E-state index contributed by atoms with van der Waals surface area (Å²) in [4.78, 5) is 3.97. The molecule has 2 rings (SSSR count). The minimum atomic E-state index is 0.620. The summed E-state index contributed by atoms with van der Waals surface area (Å²) in [5.41, 5.74) is 7.60.